The number of hydrogen-bond donors (Lipinski definition) is 0. The molecule has 0 amide bonds. The number of aryl methyl sites for hydroxylation is 1. The van der Waals surface area contributed by atoms with Gasteiger partial charge in [-0.15, -0.1) is 0 Å². The number of rotatable bonds is 3. The lowest BCUT2D eigenvalue weighted by molar-refractivity contribution is 0.112. The van der Waals surface area contributed by atoms with E-state index < -0.39 is 0 Å². The molecule has 1 saturated carbocycles. The maximum Gasteiger partial charge on any atom is 0.153 e. The zero-order valence-corrected chi connectivity index (χ0v) is 12.5. The van der Waals surface area contributed by atoms with Gasteiger partial charge in [-0.3, -0.25) is 4.79 Å². The monoisotopic (exact) mass is 283 g/mol. The van der Waals surface area contributed by atoms with E-state index in [4.69, 9.17) is 0 Å². The molecule has 1 aliphatic rings. The molecule has 0 N–H and O–H groups in total. The van der Waals surface area contributed by atoms with Gasteiger partial charge in [0.2, 0.25) is 0 Å². The van der Waals surface area contributed by atoms with Crippen molar-refractivity contribution < 1.29 is 4.79 Å². The van der Waals surface area contributed by atoms with E-state index in [0.29, 0.717) is 11.5 Å². The van der Waals surface area contributed by atoms with Crippen LogP contribution in [-0.4, -0.2) is 21.1 Å². The molecule has 2 aromatic heterocycles. The van der Waals surface area contributed by atoms with E-state index in [9.17, 15) is 4.79 Å². The van der Waals surface area contributed by atoms with Gasteiger partial charge in [0.1, 0.15) is 0 Å². The molecule has 4 nitrogen and oxygen atoms in total. The Balaban J connectivity index is 1.95. The number of nitrogens with zero attached hydrogens (tertiary/aromatic N) is 3. The van der Waals surface area contributed by atoms with E-state index in [0.717, 1.165) is 36.2 Å². The highest BCUT2D eigenvalue weighted by molar-refractivity contribution is 5.76. The normalized spacial score (nSPS) is 16.6. The molecule has 0 atom stereocenters. The molecule has 1 fully saturated rings. The van der Waals surface area contributed by atoms with Crippen LogP contribution in [0.1, 0.15) is 66.1 Å². The Morgan fingerprint density at radius 3 is 2.67 bits per heavy atom. The van der Waals surface area contributed by atoms with Crippen LogP contribution in [0.25, 0.3) is 5.82 Å². The number of pyridine rings is 1. The van der Waals surface area contributed by atoms with Crippen LogP contribution >= 0.6 is 0 Å². The Hall–Kier alpha value is -1.97. The highest BCUT2D eigenvalue weighted by atomic mass is 16.1. The summed E-state index contributed by atoms with van der Waals surface area (Å²) in [7, 11) is 0. The second kappa shape index (κ2) is 6.20. The standard InChI is InChI=1S/C17H21N3O/c1-13-8-9-18-16(10-13)20-11-15(12-21)17(19-20)14-6-4-2-3-5-7-14/h8-12,14H,2-7H2,1H3. The zero-order valence-electron chi connectivity index (χ0n) is 12.5. The molecule has 0 spiro atoms. The average molecular weight is 283 g/mol. The van der Waals surface area contributed by atoms with Gasteiger partial charge in [0.05, 0.1) is 11.3 Å². The second-order valence-corrected chi connectivity index (χ2v) is 5.91. The molecule has 1 aliphatic carbocycles. The number of aromatic nitrogens is 3. The van der Waals surface area contributed by atoms with Crippen molar-refractivity contribution in [2.45, 2.75) is 51.4 Å². The lowest BCUT2D eigenvalue weighted by Gasteiger charge is -2.11. The van der Waals surface area contributed by atoms with Gasteiger partial charge in [-0.2, -0.15) is 5.10 Å². The molecule has 0 aromatic carbocycles. The fraction of sp³-hybridized carbons (Fsp3) is 0.471. The summed E-state index contributed by atoms with van der Waals surface area (Å²) in [4.78, 5) is 15.7. The SMILES string of the molecule is Cc1ccnc(-n2cc(C=O)c(C3CCCCCC3)n2)c1. The molecule has 2 aromatic rings. The maximum atomic E-state index is 11.4. The zero-order chi connectivity index (χ0) is 14.7. The molecule has 0 radical (unpaired) electrons. The van der Waals surface area contributed by atoms with Crippen LogP contribution in [0.4, 0.5) is 0 Å². The van der Waals surface area contributed by atoms with Gasteiger partial charge < -0.3 is 0 Å². The summed E-state index contributed by atoms with van der Waals surface area (Å²) >= 11 is 0. The summed E-state index contributed by atoms with van der Waals surface area (Å²) in [5, 5.41) is 4.68. The Morgan fingerprint density at radius 1 is 1.24 bits per heavy atom. The van der Waals surface area contributed by atoms with Gasteiger partial charge in [0.15, 0.2) is 12.1 Å². The van der Waals surface area contributed by atoms with Crippen LogP contribution in [-0.2, 0) is 0 Å². The van der Waals surface area contributed by atoms with Crippen LogP contribution in [0.2, 0.25) is 0 Å². The van der Waals surface area contributed by atoms with E-state index in [1.165, 1.54) is 25.7 Å². The van der Waals surface area contributed by atoms with Crippen molar-refractivity contribution >= 4 is 6.29 Å². The van der Waals surface area contributed by atoms with E-state index >= 15 is 0 Å². The molecular weight excluding hydrogens is 262 g/mol. The molecule has 2 heterocycles. The lowest BCUT2D eigenvalue weighted by atomic mass is 9.94. The molecule has 0 bridgehead atoms. The van der Waals surface area contributed by atoms with Gasteiger partial charge in [-0.1, -0.05) is 25.7 Å². The largest absolute Gasteiger partial charge is 0.298 e. The van der Waals surface area contributed by atoms with E-state index in [1.54, 1.807) is 10.9 Å². The second-order valence-electron chi connectivity index (χ2n) is 5.91. The van der Waals surface area contributed by atoms with Crippen molar-refractivity contribution in [3.63, 3.8) is 0 Å². The first kappa shape index (κ1) is 14.0. The molecule has 4 heteroatoms. The average Bonchev–Trinajstić information content (AvgIpc) is 2.74. The third kappa shape index (κ3) is 3.04. The Bertz CT molecular complexity index is 625. The molecule has 110 valence electrons. The summed E-state index contributed by atoms with van der Waals surface area (Å²) < 4.78 is 1.75. The number of hydrogen-bond acceptors (Lipinski definition) is 3. The quantitative estimate of drug-likeness (QED) is 0.635. The van der Waals surface area contributed by atoms with Gasteiger partial charge in [0, 0.05) is 18.3 Å². The van der Waals surface area contributed by atoms with Crippen LogP contribution in [0.3, 0.4) is 0 Å². The van der Waals surface area contributed by atoms with Crippen LogP contribution < -0.4 is 0 Å². The predicted molar refractivity (Wildman–Crippen MR) is 81.9 cm³/mol. The van der Waals surface area contributed by atoms with Gasteiger partial charge in [0.25, 0.3) is 0 Å². The van der Waals surface area contributed by atoms with E-state index in [1.807, 2.05) is 25.3 Å². The predicted octanol–water partition coefficient (Wildman–Crippen LogP) is 3.83. The Labute approximate surface area is 125 Å². The molecule has 3 rings (SSSR count). The fourth-order valence-corrected chi connectivity index (χ4v) is 3.12. The molecule has 0 aliphatic heterocycles. The minimum Gasteiger partial charge on any atom is -0.298 e. The number of aldehydes is 1. The van der Waals surface area contributed by atoms with Crippen LogP contribution in [0.15, 0.2) is 24.5 Å². The first-order chi connectivity index (χ1) is 10.3. The third-order valence-corrected chi connectivity index (χ3v) is 4.28. The van der Waals surface area contributed by atoms with E-state index in [-0.39, 0.29) is 0 Å². The van der Waals surface area contributed by atoms with Crippen molar-refractivity contribution in [3.8, 4) is 5.82 Å². The highest BCUT2D eigenvalue weighted by Crippen LogP contribution is 2.32. The molecule has 21 heavy (non-hydrogen) atoms. The van der Waals surface area contributed by atoms with Gasteiger partial charge in [-0.05, 0) is 37.5 Å². The Morgan fingerprint density at radius 2 is 2.00 bits per heavy atom. The fourth-order valence-electron chi connectivity index (χ4n) is 3.12. The van der Waals surface area contributed by atoms with Crippen LogP contribution in [0, 0.1) is 6.92 Å². The first-order valence-corrected chi connectivity index (χ1v) is 7.75. The lowest BCUT2D eigenvalue weighted by Crippen LogP contribution is -2.03. The van der Waals surface area contributed by atoms with E-state index in [2.05, 4.69) is 10.1 Å². The molecule has 0 saturated heterocycles. The smallest absolute Gasteiger partial charge is 0.153 e. The topological polar surface area (TPSA) is 47.8 Å². The Kier molecular flexibility index (Phi) is 4.13. The molecule has 0 unspecified atom stereocenters. The third-order valence-electron chi connectivity index (χ3n) is 4.28. The number of carbonyl (C=O) groups excluding carboxylic acids is 1. The van der Waals surface area contributed by atoms with Gasteiger partial charge in [-0.25, -0.2) is 9.67 Å². The summed E-state index contributed by atoms with van der Waals surface area (Å²) in [5.41, 5.74) is 2.81. The summed E-state index contributed by atoms with van der Waals surface area (Å²) in [6.45, 7) is 2.03. The van der Waals surface area contributed by atoms with Crippen molar-refractivity contribution in [1.82, 2.24) is 14.8 Å². The highest BCUT2D eigenvalue weighted by Gasteiger charge is 2.21. The van der Waals surface area contributed by atoms with Crippen LogP contribution in [0.5, 0.6) is 0 Å². The van der Waals surface area contributed by atoms with Crippen molar-refractivity contribution in [3.05, 3.63) is 41.3 Å². The maximum absolute atomic E-state index is 11.4. The first-order valence-electron chi connectivity index (χ1n) is 7.75. The minimum atomic E-state index is 0.416. The number of carbonyl (C=O) groups is 1. The summed E-state index contributed by atoms with van der Waals surface area (Å²) in [5.74, 6) is 1.19. The van der Waals surface area contributed by atoms with Crippen molar-refractivity contribution in [1.29, 1.82) is 0 Å². The van der Waals surface area contributed by atoms with Gasteiger partial charge >= 0.3 is 0 Å². The summed E-state index contributed by atoms with van der Waals surface area (Å²) in [6, 6.07) is 3.94. The minimum absolute atomic E-state index is 0.416. The molecular formula is C17H21N3O. The van der Waals surface area contributed by atoms with Crippen molar-refractivity contribution in [2.75, 3.05) is 0 Å². The summed E-state index contributed by atoms with van der Waals surface area (Å²) in [6.07, 6.45) is 11.9. The van der Waals surface area contributed by atoms with Crippen molar-refractivity contribution in [2.24, 2.45) is 0 Å².